The molecule has 0 spiro atoms. The molecule has 0 aliphatic rings. The van der Waals surface area contributed by atoms with Gasteiger partial charge in [0.25, 0.3) is 5.91 Å². The Hall–Kier alpha value is -3.61. The van der Waals surface area contributed by atoms with Crippen molar-refractivity contribution < 1.29 is 19.1 Å². The van der Waals surface area contributed by atoms with Gasteiger partial charge in [0.2, 0.25) is 5.91 Å². The molecule has 3 N–H and O–H groups in total. The van der Waals surface area contributed by atoms with Gasteiger partial charge in [-0.1, -0.05) is 30.3 Å². The monoisotopic (exact) mass is 393 g/mol. The SMILES string of the molecule is COC(=O)[C@@H](Cc1c[nH]c2ccccc12)NC(=O)c1ccc(CNC(C)=O)cc1. The van der Waals surface area contributed by atoms with Crippen LogP contribution in [0.4, 0.5) is 0 Å². The summed E-state index contributed by atoms with van der Waals surface area (Å²) in [4.78, 5) is 39.1. The number of para-hydroxylation sites is 1. The zero-order chi connectivity index (χ0) is 20.8. The summed E-state index contributed by atoms with van der Waals surface area (Å²) in [5.74, 6) is -0.998. The van der Waals surface area contributed by atoms with E-state index >= 15 is 0 Å². The van der Waals surface area contributed by atoms with Crippen molar-refractivity contribution in [2.45, 2.75) is 25.9 Å². The van der Waals surface area contributed by atoms with Gasteiger partial charge >= 0.3 is 5.97 Å². The Kier molecular flexibility index (Phi) is 6.29. The van der Waals surface area contributed by atoms with E-state index in [0.717, 1.165) is 22.0 Å². The van der Waals surface area contributed by atoms with E-state index in [9.17, 15) is 14.4 Å². The van der Waals surface area contributed by atoms with E-state index in [1.54, 1.807) is 24.3 Å². The van der Waals surface area contributed by atoms with Gasteiger partial charge < -0.3 is 20.4 Å². The molecule has 0 unspecified atom stereocenters. The van der Waals surface area contributed by atoms with E-state index in [-0.39, 0.29) is 11.8 Å². The van der Waals surface area contributed by atoms with Crippen LogP contribution < -0.4 is 10.6 Å². The second kappa shape index (κ2) is 9.05. The van der Waals surface area contributed by atoms with Crippen LogP contribution in [0.2, 0.25) is 0 Å². The molecule has 1 atom stereocenters. The van der Waals surface area contributed by atoms with Crippen molar-refractivity contribution in [3.63, 3.8) is 0 Å². The van der Waals surface area contributed by atoms with Gasteiger partial charge in [-0.3, -0.25) is 9.59 Å². The number of hydrogen-bond donors (Lipinski definition) is 3. The van der Waals surface area contributed by atoms with E-state index in [4.69, 9.17) is 4.74 Å². The molecule has 0 aliphatic carbocycles. The first kappa shape index (κ1) is 20.1. The van der Waals surface area contributed by atoms with Crippen molar-refractivity contribution in [1.82, 2.24) is 15.6 Å². The van der Waals surface area contributed by atoms with E-state index in [0.29, 0.717) is 18.5 Å². The minimum Gasteiger partial charge on any atom is -0.467 e. The number of benzene rings is 2. The average molecular weight is 393 g/mol. The third-order valence-electron chi connectivity index (χ3n) is 4.65. The Morgan fingerprint density at radius 2 is 1.79 bits per heavy atom. The second-order valence-electron chi connectivity index (χ2n) is 6.72. The number of nitrogens with one attached hydrogen (secondary N) is 3. The maximum Gasteiger partial charge on any atom is 0.328 e. The molecular formula is C22H23N3O4. The van der Waals surface area contributed by atoms with Crippen molar-refractivity contribution in [2.24, 2.45) is 0 Å². The number of carbonyl (C=O) groups excluding carboxylic acids is 3. The summed E-state index contributed by atoms with van der Waals surface area (Å²) in [6, 6.07) is 13.8. The van der Waals surface area contributed by atoms with Crippen LogP contribution in [0.1, 0.15) is 28.4 Å². The Labute approximate surface area is 168 Å². The number of aromatic amines is 1. The van der Waals surface area contributed by atoms with Crippen LogP contribution in [-0.2, 0) is 27.3 Å². The van der Waals surface area contributed by atoms with Crippen molar-refractivity contribution >= 4 is 28.7 Å². The van der Waals surface area contributed by atoms with Crippen LogP contribution in [0, 0.1) is 0 Å². The minimum atomic E-state index is -0.814. The summed E-state index contributed by atoms with van der Waals surface area (Å²) < 4.78 is 4.88. The lowest BCUT2D eigenvalue weighted by Gasteiger charge is -2.16. The Balaban J connectivity index is 1.72. The number of aromatic nitrogens is 1. The molecule has 150 valence electrons. The maximum atomic E-state index is 12.6. The molecule has 7 heteroatoms. The molecule has 1 heterocycles. The maximum absolute atomic E-state index is 12.6. The molecule has 3 rings (SSSR count). The summed E-state index contributed by atoms with van der Waals surface area (Å²) in [5.41, 5.74) is 3.18. The quantitative estimate of drug-likeness (QED) is 0.536. The number of carbonyl (C=O) groups is 3. The Bertz CT molecular complexity index is 1020. The molecule has 0 fully saturated rings. The molecule has 1 aromatic heterocycles. The fourth-order valence-corrected chi connectivity index (χ4v) is 3.10. The Morgan fingerprint density at radius 1 is 1.07 bits per heavy atom. The van der Waals surface area contributed by atoms with E-state index in [2.05, 4.69) is 15.6 Å². The lowest BCUT2D eigenvalue weighted by atomic mass is 10.0. The number of hydrogen-bond acceptors (Lipinski definition) is 4. The summed E-state index contributed by atoms with van der Waals surface area (Å²) in [6.07, 6.45) is 2.15. The summed E-state index contributed by atoms with van der Waals surface area (Å²) >= 11 is 0. The second-order valence-corrected chi connectivity index (χ2v) is 6.72. The highest BCUT2D eigenvalue weighted by atomic mass is 16.5. The van der Waals surface area contributed by atoms with Gasteiger partial charge in [0.05, 0.1) is 7.11 Å². The summed E-state index contributed by atoms with van der Waals surface area (Å²) in [6.45, 7) is 1.84. The first-order valence-electron chi connectivity index (χ1n) is 9.25. The largest absolute Gasteiger partial charge is 0.467 e. The number of fused-ring (bicyclic) bond motifs is 1. The zero-order valence-corrected chi connectivity index (χ0v) is 16.3. The van der Waals surface area contributed by atoms with Crippen LogP contribution in [0.3, 0.4) is 0 Å². The Morgan fingerprint density at radius 3 is 2.48 bits per heavy atom. The lowest BCUT2D eigenvalue weighted by molar-refractivity contribution is -0.142. The van der Waals surface area contributed by atoms with Gasteiger partial charge in [-0.15, -0.1) is 0 Å². The molecule has 0 aliphatic heterocycles. The van der Waals surface area contributed by atoms with Crippen molar-refractivity contribution in [3.05, 3.63) is 71.4 Å². The smallest absolute Gasteiger partial charge is 0.328 e. The molecule has 3 aromatic rings. The van der Waals surface area contributed by atoms with Gasteiger partial charge in [0.1, 0.15) is 6.04 Å². The summed E-state index contributed by atoms with van der Waals surface area (Å²) in [7, 11) is 1.30. The highest BCUT2D eigenvalue weighted by Crippen LogP contribution is 2.19. The van der Waals surface area contributed by atoms with Crippen molar-refractivity contribution in [2.75, 3.05) is 7.11 Å². The van der Waals surface area contributed by atoms with Gasteiger partial charge in [-0.2, -0.15) is 0 Å². The molecule has 0 saturated heterocycles. The summed E-state index contributed by atoms with van der Waals surface area (Å²) in [5, 5.41) is 6.46. The van der Waals surface area contributed by atoms with E-state index in [1.807, 2.05) is 30.5 Å². The number of amides is 2. The predicted octanol–water partition coefficient (Wildman–Crippen LogP) is 2.32. The zero-order valence-electron chi connectivity index (χ0n) is 16.3. The van der Waals surface area contributed by atoms with Gasteiger partial charge in [0.15, 0.2) is 0 Å². The van der Waals surface area contributed by atoms with Crippen molar-refractivity contribution in [3.8, 4) is 0 Å². The molecule has 2 aromatic carbocycles. The molecule has 7 nitrogen and oxygen atoms in total. The number of ether oxygens (including phenoxy) is 1. The van der Waals surface area contributed by atoms with Crippen LogP contribution >= 0.6 is 0 Å². The first-order valence-corrected chi connectivity index (χ1v) is 9.25. The lowest BCUT2D eigenvalue weighted by Crippen LogP contribution is -2.43. The highest BCUT2D eigenvalue weighted by Gasteiger charge is 2.23. The normalized spacial score (nSPS) is 11.7. The molecule has 0 bridgehead atoms. The van der Waals surface area contributed by atoms with Gasteiger partial charge in [-0.25, -0.2) is 4.79 Å². The van der Waals surface area contributed by atoms with E-state index < -0.39 is 12.0 Å². The van der Waals surface area contributed by atoms with Gasteiger partial charge in [-0.05, 0) is 29.3 Å². The molecular weight excluding hydrogens is 370 g/mol. The average Bonchev–Trinajstić information content (AvgIpc) is 3.14. The molecule has 0 radical (unpaired) electrons. The van der Waals surface area contributed by atoms with Crippen LogP contribution in [0.15, 0.2) is 54.7 Å². The van der Waals surface area contributed by atoms with Gasteiger partial charge in [0, 0.05) is 42.6 Å². The minimum absolute atomic E-state index is 0.120. The number of esters is 1. The number of rotatable bonds is 7. The topological polar surface area (TPSA) is 100 Å². The predicted molar refractivity (Wildman–Crippen MR) is 109 cm³/mol. The first-order chi connectivity index (χ1) is 14.0. The molecule has 29 heavy (non-hydrogen) atoms. The van der Waals surface area contributed by atoms with Crippen LogP contribution in [0.25, 0.3) is 10.9 Å². The van der Waals surface area contributed by atoms with E-state index in [1.165, 1.54) is 14.0 Å². The fourth-order valence-electron chi connectivity index (χ4n) is 3.10. The molecule has 0 saturated carbocycles. The fraction of sp³-hybridized carbons (Fsp3) is 0.227. The third kappa shape index (κ3) is 5.01. The van der Waals surface area contributed by atoms with Crippen molar-refractivity contribution in [1.29, 1.82) is 0 Å². The number of methoxy groups -OCH3 is 1. The van der Waals surface area contributed by atoms with Crippen LogP contribution in [-0.4, -0.2) is 35.9 Å². The standard InChI is InChI=1S/C22H23N3O4/c1-14(26)23-12-15-7-9-16(10-8-15)21(27)25-20(22(28)29-2)11-17-13-24-19-6-4-3-5-18(17)19/h3-10,13,20,24H,11-12H2,1-2H3,(H,23,26)(H,25,27)/t20-/m1/s1. The number of H-pyrrole nitrogens is 1. The third-order valence-corrected chi connectivity index (χ3v) is 4.65. The molecule has 2 amide bonds. The highest BCUT2D eigenvalue weighted by molar-refractivity contribution is 5.97. The van der Waals surface area contributed by atoms with Crippen LogP contribution in [0.5, 0.6) is 0 Å².